The van der Waals surface area contributed by atoms with Crippen LogP contribution in [0.2, 0.25) is 0 Å². The van der Waals surface area contributed by atoms with E-state index in [4.69, 9.17) is 0 Å². The minimum absolute atomic E-state index is 0.0863. The van der Waals surface area contributed by atoms with E-state index in [1.54, 1.807) is 0 Å². The van der Waals surface area contributed by atoms with Crippen molar-refractivity contribution >= 4 is 17.5 Å². The Morgan fingerprint density at radius 2 is 2.10 bits per heavy atom. The Morgan fingerprint density at radius 1 is 1.24 bits per heavy atom. The Balaban J connectivity index is 1.71. The van der Waals surface area contributed by atoms with Gasteiger partial charge >= 0.3 is 0 Å². The Bertz CT molecular complexity index is 679. The summed E-state index contributed by atoms with van der Waals surface area (Å²) in [7, 11) is 0. The van der Waals surface area contributed by atoms with Crippen molar-refractivity contribution in [1.82, 2.24) is 25.9 Å². The number of carbonyl (C=O) groups is 1. The molecule has 0 atom stereocenters. The minimum atomic E-state index is 0.0863. The number of Topliss-reactive ketones (excluding diaryl/α,β-unsaturated/α-hetero) is 1. The van der Waals surface area contributed by atoms with E-state index in [0.717, 1.165) is 42.0 Å². The van der Waals surface area contributed by atoms with Gasteiger partial charge in [0.15, 0.2) is 5.78 Å². The summed E-state index contributed by atoms with van der Waals surface area (Å²) >= 11 is 1.86. The zero-order chi connectivity index (χ0) is 14.3. The van der Waals surface area contributed by atoms with Gasteiger partial charge in [0.05, 0.1) is 0 Å². The number of nitrogens with one attached hydrogen (secondary N) is 2. The van der Waals surface area contributed by atoms with E-state index in [1.807, 2.05) is 30.0 Å². The molecule has 6 nitrogen and oxygen atoms in total. The summed E-state index contributed by atoms with van der Waals surface area (Å²) in [5, 5.41) is 17.3. The number of H-pyrrole nitrogens is 1. The quantitative estimate of drug-likeness (QED) is 0.833. The molecule has 0 unspecified atom stereocenters. The number of rotatable bonds is 1. The van der Waals surface area contributed by atoms with E-state index in [9.17, 15) is 4.79 Å². The first-order valence-electron chi connectivity index (χ1n) is 7.07. The van der Waals surface area contributed by atoms with Crippen molar-refractivity contribution in [2.45, 2.75) is 28.9 Å². The number of hydrogen-bond acceptors (Lipinski definition) is 6. The third-order valence-electron chi connectivity index (χ3n) is 4.21. The summed E-state index contributed by atoms with van der Waals surface area (Å²) in [6, 6.07) is 5.88. The molecule has 1 aromatic heterocycles. The number of aromatic amines is 1. The summed E-state index contributed by atoms with van der Waals surface area (Å²) in [6.07, 6.45) is 2.73. The zero-order valence-corrected chi connectivity index (χ0v) is 12.2. The molecule has 0 saturated carbocycles. The molecule has 21 heavy (non-hydrogen) atoms. The molecule has 7 heteroatoms. The van der Waals surface area contributed by atoms with Crippen LogP contribution in [-0.2, 0) is 0 Å². The number of carbonyl (C=O) groups excluding carboxylic acids is 1. The van der Waals surface area contributed by atoms with Gasteiger partial charge in [0.2, 0.25) is 5.82 Å². The standard InChI is InChI=1S/C14H15N5OS/c20-11-8-14(3-5-15-6-4-14)21-12-2-1-9(7-10(11)12)13-16-18-19-17-13/h1-2,7,15H,3-6,8H2,(H,16,17,18,19). The van der Waals surface area contributed by atoms with Crippen LogP contribution in [0.1, 0.15) is 29.6 Å². The lowest BCUT2D eigenvalue weighted by Crippen LogP contribution is -2.42. The molecule has 4 rings (SSSR count). The number of hydrogen-bond donors (Lipinski definition) is 2. The maximum atomic E-state index is 12.6. The fourth-order valence-electron chi connectivity index (χ4n) is 3.08. The fourth-order valence-corrected chi connectivity index (χ4v) is 4.58. The van der Waals surface area contributed by atoms with Crippen molar-refractivity contribution in [2.24, 2.45) is 0 Å². The number of fused-ring (bicyclic) bond motifs is 1. The van der Waals surface area contributed by atoms with Crippen molar-refractivity contribution in [3.05, 3.63) is 23.8 Å². The zero-order valence-electron chi connectivity index (χ0n) is 11.4. The topological polar surface area (TPSA) is 83.6 Å². The number of ketones is 1. The van der Waals surface area contributed by atoms with Gasteiger partial charge in [-0.2, -0.15) is 5.21 Å². The summed E-state index contributed by atoms with van der Waals surface area (Å²) < 4.78 is 0.0863. The highest BCUT2D eigenvalue weighted by Gasteiger charge is 2.40. The molecule has 2 aliphatic rings. The molecule has 108 valence electrons. The molecule has 0 aliphatic carbocycles. The monoisotopic (exact) mass is 301 g/mol. The Labute approximate surface area is 126 Å². The van der Waals surface area contributed by atoms with Crippen LogP contribution in [0.25, 0.3) is 11.4 Å². The van der Waals surface area contributed by atoms with Gasteiger partial charge in [-0.3, -0.25) is 4.79 Å². The molecule has 1 aromatic carbocycles. The number of aromatic nitrogens is 4. The first-order valence-corrected chi connectivity index (χ1v) is 7.88. The predicted molar refractivity (Wildman–Crippen MR) is 79.3 cm³/mol. The lowest BCUT2D eigenvalue weighted by molar-refractivity contribution is 0.0955. The Kier molecular flexibility index (Phi) is 3.04. The first kappa shape index (κ1) is 13.0. The molecule has 1 spiro atoms. The molecule has 1 saturated heterocycles. The Hall–Kier alpha value is -1.73. The van der Waals surface area contributed by atoms with E-state index >= 15 is 0 Å². The fraction of sp³-hybridized carbons (Fsp3) is 0.429. The highest BCUT2D eigenvalue weighted by atomic mass is 32.2. The van der Waals surface area contributed by atoms with Gasteiger partial charge in [0.1, 0.15) is 0 Å². The van der Waals surface area contributed by atoms with Crippen molar-refractivity contribution in [2.75, 3.05) is 13.1 Å². The molecule has 2 N–H and O–H groups in total. The lowest BCUT2D eigenvalue weighted by Gasteiger charge is -2.39. The average Bonchev–Trinajstić information content (AvgIpc) is 3.02. The highest BCUT2D eigenvalue weighted by Crippen LogP contribution is 2.48. The van der Waals surface area contributed by atoms with Crippen LogP contribution in [0.5, 0.6) is 0 Å². The number of nitrogens with zero attached hydrogens (tertiary/aromatic N) is 3. The molecule has 0 amide bonds. The van der Waals surface area contributed by atoms with Gasteiger partial charge in [0, 0.05) is 27.2 Å². The maximum Gasteiger partial charge on any atom is 0.204 e. The van der Waals surface area contributed by atoms with Crippen molar-refractivity contribution in [3.63, 3.8) is 0 Å². The molecule has 0 bridgehead atoms. The SMILES string of the molecule is O=C1CC2(CCNCC2)Sc2ccc(-c3nn[nH]n3)cc21. The normalized spacial score (nSPS) is 20.5. The van der Waals surface area contributed by atoms with E-state index in [-0.39, 0.29) is 10.5 Å². The summed E-state index contributed by atoms with van der Waals surface area (Å²) in [4.78, 5) is 13.7. The number of tetrazole rings is 1. The number of piperidine rings is 1. The maximum absolute atomic E-state index is 12.6. The van der Waals surface area contributed by atoms with Crippen molar-refractivity contribution in [1.29, 1.82) is 0 Å². The molecule has 2 aliphatic heterocycles. The molecule has 1 fully saturated rings. The van der Waals surface area contributed by atoms with Crippen LogP contribution in [0.4, 0.5) is 0 Å². The van der Waals surface area contributed by atoms with Crippen LogP contribution in [0, 0.1) is 0 Å². The van der Waals surface area contributed by atoms with Gasteiger partial charge in [-0.1, -0.05) is 0 Å². The summed E-state index contributed by atoms with van der Waals surface area (Å²) in [6.45, 7) is 1.99. The van der Waals surface area contributed by atoms with Crippen molar-refractivity contribution in [3.8, 4) is 11.4 Å². The highest BCUT2D eigenvalue weighted by molar-refractivity contribution is 8.01. The number of thioether (sulfide) groups is 1. The number of benzene rings is 1. The average molecular weight is 301 g/mol. The molecule has 2 aromatic rings. The van der Waals surface area contributed by atoms with Gasteiger partial charge in [0.25, 0.3) is 0 Å². The summed E-state index contributed by atoms with van der Waals surface area (Å²) in [5.41, 5.74) is 1.63. The van der Waals surface area contributed by atoms with Crippen LogP contribution < -0.4 is 5.32 Å². The van der Waals surface area contributed by atoms with Crippen molar-refractivity contribution < 1.29 is 4.79 Å². The predicted octanol–water partition coefficient (Wildman–Crippen LogP) is 1.67. The molecular weight excluding hydrogens is 286 g/mol. The van der Waals surface area contributed by atoms with Crippen LogP contribution in [-0.4, -0.2) is 44.2 Å². The van der Waals surface area contributed by atoms with E-state index < -0.39 is 0 Å². The summed E-state index contributed by atoms with van der Waals surface area (Å²) in [5.74, 6) is 0.758. The van der Waals surface area contributed by atoms with Gasteiger partial charge in [-0.25, -0.2) is 0 Å². The van der Waals surface area contributed by atoms with Crippen LogP contribution in [0.15, 0.2) is 23.1 Å². The largest absolute Gasteiger partial charge is 0.317 e. The molecule has 0 radical (unpaired) electrons. The first-order chi connectivity index (χ1) is 10.3. The van der Waals surface area contributed by atoms with Gasteiger partial charge in [-0.05, 0) is 49.3 Å². The second-order valence-corrected chi connectivity index (χ2v) is 7.09. The minimum Gasteiger partial charge on any atom is -0.317 e. The second kappa shape index (κ2) is 4.92. The Morgan fingerprint density at radius 3 is 2.86 bits per heavy atom. The second-order valence-electron chi connectivity index (χ2n) is 5.58. The lowest BCUT2D eigenvalue weighted by atomic mass is 9.88. The van der Waals surface area contributed by atoms with E-state index in [0.29, 0.717) is 12.2 Å². The van der Waals surface area contributed by atoms with E-state index in [2.05, 4.69) is 25.9 Å². The smallest absolute Gasteiger partial charge is 0.204 e. The third-order valence-corrected chi connectivity index (χ3v) is 5.77. The van der Waals surface area contributed by atoms with Crippen LogP contribution >= 0.6 is 11.8 Å². The van der Waals surface area contributed by atoms with Gasteiger partial charge < -0.3 is 5.32 Å². The van der Waals surface area contributed by atoms with Gasteiger partial charge in [-0.15, -0.1) is 22.0 Å². The van der Waals surface area contributed by atoms with Crippen LogP contribution in [0.3, 0.4) is 0 Å². The third kappa shape index (κ3) is 2.26. The molecular formula is C14H15N5OS. The van der Waals surface area contributed by atoms with E-state index in [1.165, 1.54) is 0 Å². The molecule has 3 heterocycles.